The van der Waals surface area contributed by atoms with E-state index in [0.717, 1.165) is 0 Å². The predicted molar refractivity (Wildman–Crippen MR) is 104 cm³/mol. The van der Waals surface area contributed by atoms with Crippen LogP contribution in [0, 0.1) is 23.7 Å². The number of aliphatic hydroxyl groups excluding tert-OH is 1. The molecule has 0 aromatic carbocycles. The minimum atomic E-state index is -0.845. The zero-order valence-electron chi connectivity index (χ0n) is 18.5. The van der Waals surface area contributed by atoms with Gasteiger partial charge in [-0.15, -0.1) is 0 Å². The molecule has 2 aliphatic heterocycles. The lowest BCUT2D eigenvalue weighted by Crippen LogP contribution is -2.58. The Bertz CT molecular complexity index is 563. The van der Waals surface area contributed by atoms with Gasteiger partial charge in [-0.25, -0.2) is 0 Å². The van der Waals surface area contributed by atoms with E-state index in [1.54, 1.807) is 0 Å². The molecule has 8 nitrogen and oxygen atoms in total. The molecule has 168 valence electrons. The summed E-state index contributed by atoms with van der Waals surface area (Å²) >= 11 is 0. The minimum Gasteiger partial charge on any atom is -0.463 e. The summed E-state index contributed by atoms with van der Waals surface area (Å²) in [6.07, 6.45) is -2.63. The molecule has 2 rings (SSSR count). The van der Waals surface area contributed by atoms with Crippen molar-refractivity contribution >= 4 is 11.9 Å². The molecule has 1 N–H and O–H groups in total. The summed E-state index contributed by atoms with van der Waals surface area (Å²) in [7, 11) is 0. The maximum absolute atomic E-state index is 11.7. The Morgan fingerprint density at radius 3 is 2.03 bits per heavy atom. The van der Waals surface area contributed by atoms with E-state index in [9.17, 15) is 14.7 Å². The van der Waals surface area contributed by atoms with Crippen LogP contribution in [0.3, 0.4) is 0 Å². The van der Waals surface area contributed by atoms with Gasteiger partial charge in [-0.05, 0) is 18.3 Å². The van der Waals surface area contributed by atoms with Gasteiger partial charge in [-0.3, -0.25) is 9.59 Å². The van der Waals surface area contributed by atoms with Crippen molar-refractivity contribution in [1.29, 1.82) is 0 Å². The molecule has 0 aromatic heterocycles. The van der Waals surface area contributed by atoms with Gasteiger partial charge in [0.25, 0.3) is 0 Å². The van der Waals surface area contributed by atoms with E-state index in [1.807, 2.05) is 34.6 Å². The molecule has 2 saturated heterocycles. The molecule has 29 heavy (non-hydrogen) atoms. The third-order valence-corrected chi connectivity index (χ3v) is 6.44. The molecule has 5 unspecified atom stereocenters. The fourth-order valence-corrected chi connectivity index (χ4v) is 4.09. The fourth-order valence-electron chi connectivity index (χ4n) is 4.09. The highest BCUT2D eigenvalue weighted by molar-refractivity contribution is 5.66. The van der Waals surface area contributed by atoms with Crippen LogP contribution in [-0.2, 0) is 33.3 Å². The number of hydrogen-bond acceptors (Lipinski definition) is 8. The first-order valence-corrected chi connectivity index (χ1v) is 10.5. The Kier molecular flexibility index (Phi) is 8.46. The van der Waals surface area contributed by atoms with Crippen molar-refractivity contribution in [2.45, 2.75) is 91.9 Å². The van der Waals surface area contributed by atoms with Crippen molar-refractivity contribution in [2.75, 3.05) is 6.61 Å². The normalized spacial score (nSPS) is 42.9. The van der Waals surface area contributed by atoms with Gasteiger partial charge in [0.2, 0.25) is 0 Å². The van der Waals surface area contributed by atoms with Gasteiger partial charge in [-0.2, -0.15) is 0 Å². The van der Waals surface area contributed by atoms with Crippen LogP contribution in [0.2, 0.25) is 0 Å². The minimum absolute atomic E-state index is 0.00635. The van der Waals surface area contributed by atoms with Crippen LogP contribution in [0.1, 0.15) is 54.9 Å². The summed E-state index contributed by atoms with van der Waals surface area (Å²) < 4.78 is 29.0. The Hall–Kier alpha value is -1.22. The first-order valence-electron chi connectivity index (χ1n) is 10.5. The molecule has 0 aromatic rings. The van der Waals surface area contributed by atoms with E-state index in [0.29, 0.717) is 6.42 Å². The topological polar surface area (TPSA) is 101 Å². The van der Waals surface area contributed by atoms with Crippen LogP contribution in [0.4, 0.5) is 0 Å². The number of carbonyl (C=O) groups is 2. The quantitative estimate of drug-likeness (QED) is 0.658. The van der Waals surface area contributed by atoms with Gasteiger partial charge in [0.1, 0.15) is 6.61 Å². The molecule has 2 aliphatic rings. The van der Waals surface area contributed by atoms with Gasteiger partial charge in [-0.1, -0.05) is 34.6 Å². The molecule has 0 saturated carbocycles. The first-order chi connectivity index (χ1) is 13.6. The van der Waals surface area contributed by atoms with Crippen molar-refractivity contribution in [3.8, 4) is 0 Å². The van der Waals surface area contributed by atoms with E-state index in [4.69, 9.17) is 23.7 Å². The average molecular weight is 417 g/mol. The van der Waals surface area contributed by atoms with Crippen molar-refractivity contribution in [1.82, 2.24) is 0 Å². The molecular weight excluding hydrogens is 380 g/mol. The van der Waals surface area contributed by atoms with Crippen LogP contribution in [0.15, 0.2) is 0 Å². The number of carbonyl (C=O) groups excluding carboxylic acids is 2. The molecule has 8 heteroatoms. The van der Waals surface area contributed by atoms with Crippen molar-refractivity contribution < 1.29 is 38.4 Å². The molecule has 10 atom stereocenters. The third-order valence-electron chi connectivity index (χ3n) is 6.44. The van der Waals surface area contributed by atoms with Crippen molar-refractivity contribution in [3.63, 3.8) is 0 Å². The average Bonchev–Trinajstić information content (AvgIpc) is 2.65. The maximum atomic E-state index is 11.7. The summed E-state index contributed by atoms with van der Waals surface area (Å²) in [5, 5.41) is 10.2. The summed E-state index contributed by atoms with van der Waals surface area (Å²) in [5.74, 6) is -0.981. The second-order valence-electron chi connectivity index (χ2n) is 8.43. The van der Waals surface area contributed by atoms with Crippen molar-refractivity contribution in [3.05, 3.63) is 0 Å². The van der Waals surface area contributed by atoms with Crippen LogP contribution in [0.25, 0.3) is 0 Å². The van der Waals surface area contributed by atoms with Gasteiger partial charge in [0.05, 0.1) is 18.3 Å². The number of ether oxygens (including phenoxy) is 5. The zero-order valence-corrected chi connectivity index (χ0v) is 18.5. The molecule has 0 spiro atoms. The second kappa shape index (κ2) is 10.2. The monoisotopic (exact) mass is 416 g/mol. The van der Waals surface area contributed by atoms with E-state index in [1.165, 1.54) is 13.8 Å². The number of aliphatic hydroxyl groups is 1. The van der Waals surface area contributed by atoms with Crippen molar-refractivity contribution in [2.24, 2.45) is 23.7 Å². The summed E-state index contributed by atoms with van der Waals surface area (Å²) in [5.41, 5.74) is 0. The lowest BCUT2D eigenvalue weighted by atomic mass is 9.82. The molecular formula is C21H36O8. The number of hydrogen-bond donors (Lipinski definition) is 1. The van der Waals surface area contributed by atoms with Crippen LogP contribution >= 0.6 is 0 Å². The molecule has 0 aliphatic carbocycles. The Morgan fingerprint density at radius 1 is 0.862 bits per heavy atom. The van der Waals surface area contributed by atoms with Crippen LogP contribution in [0.5, 0.6) is 0 Å². The van der Waals surface area contributed by atoms with Crippen LogP contribution in [-0.4, -0.2) is 60.6 Å². The largest absolute Gasteiger partial charge is 0.463 e. The van der Waals surface area contributed by atoms with E-state index in [2.05, 4.69) is 0 Å². The first kappa shape index (κ1) is 24.1. The number of esters is 2. The lowest BCUT2D eigenvalue weighted by Gasteiger charge is -2.48. The van der Waals surface area contributed by atoms with E-state index >= 15 is 0 Å². The fraction of sp³-hybridized carbons (Fsp3) is 0.905. The predicted octanol–water partition coefficient (Wildman–Crippen LogP) is 2.26. The molecule has 2 fully saturated rings. The lowest BCUT2D eigenvalue weighted by molar-refractivity contribution is -0.330. The van der Waals surface area contributed by atoms with E-state index < -0.39 is 24.7 Å². The third kappa shape index (κ3) is 5.69. The summed E-state index contributed by atoms with van der Waals surface area (Å²) in [6.45, 7) is 12.7. The summed E-state index contributed by atoms with van der Waals surface area (Å²) in [4.78, 5) is 23.0. The zero-order chi connectivity index (χ0) is 21.9. The van der Waals surface area contributed by atoms with Gasteiger partial charge in [0, 0.05) is 25.7 Å². The molecule has 2 heterocycles. The molecule has 0 amide bonds. The van der Waals surface area contributed by atoms with Gasteiger partial charge >= 0.3 is 11.9 Å². The standard InChI is InChI=1S/C21H36O8/c1-8-16-18(12(4)13(5)20(24)27-16)29-21-19(26-15(7)23)11(3)10(2)17(28-21)9-25-14(6)22/h10-13,16-21,24H,8-9H2,1-7H3/t10-,11+,12-,13?,16?,17?,18+,19?,20?,21+/m1/s1. The van der Waals surface area contributed by atoms with Gasteiger partial charge < -0.3 is 28.8 Å². The van der Waals surface area contributed by atoms with E-state index in [-0.39, 0.29) is 54.6 Å². The molecule has 0 radical (unpaired) electrons. The Labute approximate surface area is 173 Å². The Balaban J connectivity index is 2.23. The molecule has 0 bridgehead atoms. The highest BCUT2D eigenvalue weighted by Crippen LogP contribution is 2.38. The maximum Gasteiger partial charge on any atom is 0.303 e. The Morgan fingerprint density at radius 2 is 1.48 bits per heavy atom. The smallest absolute Gasteiger partial charge is 0.303 e. The highest BCUT2D eigenvalue weighted by atomic mass is 16.7. The SMILES string of the molecule is CCC1OC(O)C(C)[C@@H](C)[C@@H]1O[C@@H]1OC(COC(C)=O)[C@H](C)[C@H](C)C1OC(C)=O. The second-order valence-corrected chi connectivity index (χ2v) is 8.43. The number of rotatable bonds is 6. The highest BCUT2D eigenvalue weighted by Gasteiger charge is 2.48. The van der Waals surface area contributed by atoms with Crippen LogP contribution < -0.4 is 0 Å². The summed E-state index contributed by atoms with van der Waals surface area (Å²) in [6, 6.07) is 0. The van der Waals surface area contributed by atoms with Gasteiger partial charge in [0.15, 0.2) is 18.7 Å².